The number of allylic oxidation sites excluding steroid dienone is 2. The predicted octanol–water partition coefficient (Wildman–Crippen LogP) is 14.9. The first kappa shape index (κ1) is 47.2. The summed E-state index contributed by atoms with van der Waals surface area (Å²) in [6.45, 7) is 23.8. The summed E-state index contributed by atoms with van der Waals surface area (Å²) in [7, 11) is 0. The molecule has 2 aromatic rings. The summed E-state index contributed by atoms with van der Waals surface area (Å²) in [5.74, 6) is 0. The number of rotatable bonds is 22. The van der Waals surface area contributed by atoms with Gasteiger partial charge in [-0.3, -0.25) is 0 Å². The molecule has 0 spiro atoms. The molecule has 278 valence electrons. The third-order valence-electron chi connectivity index (χ3n) is 9.89. The Balaban J connectivity index is 0.00000444. The van der Waals surface area contributed by atoms with E-state index in [9.17, 15) is 5.53 Å². The molecule has 0 aliphatic carbocycles. The van der Waals surface area contributed by atoms with Crippen molar-refractivity contribution in [2.24, 2.45) is 0 Å². The normalized spacial score (nSPS) is 12.0. The second-order valence-electron chi connectivity index (χ2n) is 13.5. The minimum atomic E-state index is 0. The minimum absolute atomic E-state index is 0. The molecule has 1 aliphatic heterocycles. The van der Waals surface area contributed by atoms with E-state index in [1.54, 1.807) is 13.8 Å². The molecule has 0 fully saturated rings. The van der Waals surface area contributed by atoms with Gasteiger partial charge in [0.2, 0.25) is 11.4 Å². The van der Waals surface area contributed by atoms with Crippen LogP contribution in [0.5, 0.6) is 0 Å². The first-order valence-electron chi connectivity index (χ1n) is 20.0. The van der Waals surface area contributed by atoms with Gasteiger partial charge in [0.1, 0.15) is 0 Å². The molecule has 49 heavy (non-hydrogen) atoms. The standard InChI is InChI=1S/C42H64N2.2C2H5.Pd/c1-7-11-15-19-23-35-29-39(30-36(33(35)5)24-20-16-12-8-2)41-27-28-42(44(41)43)40-31-37(25-21-17-13-9-3)34(6)38(32-40)26-22-18-14-10-4;2*1-2;/h27-32H,7-26H2,1-6H3;2*1H2,2H3;/q;2*-1;+2. The van der Waals surface area contributed by atoms with Gasteiger partial charge in [0, 0.05) is 23.3 Å². The van der Waals surface area contributed by atoms with E-state index < -0.39 is 0 Å². The van der Waals surface area contributed by atoms with E-state index in [1.807, 2.05) is 0 Å². The van der Waals surface area contributed by atoms with Crippen molar-refractivity contribution < 1.29 is 25.1 Å². The Morgan fingerprint density at radius 3 is 0.918 bits per heavy atom. The quantitative estimate of drug-likeness (QED) is 0.0494. The second-order valence-corrected chi connectivity index (χ2v) is 13.5. The molecule has 0 unspecified atom stereocenters. The molecule has 0 aromatic heterocycles. The Labute approximate surface area is 319 Å². The molecule has 2 nitrogen and oxygen atoms in total. The van der Waals surface area contributed by atoms with Gasteiger partial charge < -0.3 is 19.4 Å². The number of hydrogen-bond acceptors (Lipinski definition) is 0. The Morgan fingerprint density at radius 1 is 0.449 bits per heavy atom. The van der Waals surface area contributed by atoms with Crippen LogP contribution in [0.3, 0.4) is 0 Å². The maximum Gasteiger partial charge on any atom is 2.00 e. The Morgan fingerprint density at radius 2 is 0.694 bits per heavy atom. The molecule has 2 aromatic carbocycles. The van der Waals surface area contributed by atoms with Crippen molar-refractivity contribution in [3.8, 4) is 0 Å². The van der Waals surface area contributed by atoms with Gasteiger partial charge in [0.05, 0.1) is 0 Å². The molecule has 0 atom stereocenters. The van der Waals surface area contributed by atoms with Crippen LogP contribution >= 0.6 is 0 Å². The van der Waals surface area contributed by atoms with Gasteiger partial charge in [-0.15, -0.1) is 0 Å². The van der Waals surface area contributed by atoms with E-state index in [4.69, 9.17) is 0 Å². The van der Waals surface area contributed by atoms with E-state index in [1.165, 1.54) is 141 Å². The summed E-state index contributed by atoms with van der Waals surface area (Å²) >= 11 is 0. The largest absolute Gasteiger partial charge is 2.00 e. The van der Waals surface area contributed by atoms with Crippen molar-refractivity contribution in [3.63, 3.8) is 0 Å². The smallest absolute Gasteiger partial charge is 0.493 e. The van der Waals surface area contributed by atoms with Gasteiger partial charge in [-0.05, 0) is 123 Å². The van der Waals surface area contributed by atoms with Crippen LogP contribution in [0.1, 0.15) is 189 Å². The molecule has 0 radical (unpaired) electrons. The Hall–Kier alpha value is -1.82. The molecule has 3 heteroatoms. The van der Waals surface area contributed by atoms with E-state index in [0.717, 1.165) is 48.2 Å². The average molecular weight is 762 g/mol. The van der Waals surface area contributed by atoms with Gasteiger partial charge in [0.25, 0.3) is 0 Å². The summed E-state index contributed by atoms with van der Waals surface area (Å²) < 4.78 is 1.48. The van der Waals surface area contributed by atoms with Crippen LogP contribution < -0.4 is 0 Å². The monoisotopic (exact) mass is 760 g/mol. The van der Waals surface area contributed by atoms with Crippen LogP contribution in [0.4, 0.5) is 0 Å². The van der Waals surface area contributed by atoms with Crippen molar-refractivity contribution in [1.82, 2.24) is 0 Å². The zero-order valence-corrected chi connectivity index (χ0v) is 34.8. The molecular formula is C46H74N2Pd. The average Bonchev–Trinajstić information content (AvgIpc) is 3.50. The molecule has 0 saturated carbocycles. The summed E-state index contributed by atoms with van der Waals surface area (Å²) in [6, 6.07) is 9.48. The fraction of sp³-hybridized carbons (Fsp3) is 0.609. The Bertz CT molecular complexity index is 1090. The number of nitrogens with zero attached hydrogens (tertiary/aromatic N) is 2. The molecule has 1 aliphatic rings. The van der Waals surface area contributed by atoms with Gasteiger partial charge in [-0.25, -0.2) is 4.70 Å². The SMILES string of the molecule is CCCCCCc1cc(C2=CC=C(c3cc(CCCCCC)c(C)c(CCCCCC)c3)[N+]2=[N-])cc(CCCCCC)c1C.[CH2-]C.[CH2-]C.[Pd+2]. The fourth-order valence-corrected chi connectivity index (χ4v) is 6.85. The molecule has 0 N–H and O–H groups in total. The summed E-state index contributed by atoms with van der Waals surface area (Å²) in [6.07, 6.45) is 29.2. The summed E-state index contributed by atoms with van der Waals surface area (Å²) in [5, 5.41) is 0. The Kier molecular flexibility index (Phi) is 27.8. The summed E-state index contributed by atoms with van der Waals surface area (Å²) in [4.78, 5) is 0. The number of unbranched alkanes of at least 4 members (excludes halogenated alkanes) is 12. The van der Waals surface area contributed by atoms with Crippen molar-refractivity contribution in [2.75, 3.05) is 0 Å². The predicted molar refractivity (Wildman–Crippen MR) is 215 cm³/mol. The minimum Gasteiger partial charge on any atom is -0.493 e. The molecular weight excluding hydrogens is 687 g/mol. The van der Waals surface area contributed by atoms with E-state index in [0.29, 0.717) is 0 Å². The second kappa shape index (κ2) is 28.8. The van der Waals surface area contributed by atoms with Crippen LogP contribution in [0, 0.1) is 27.7 Å². The fourth-order valence-electron chi connectivity index (χ4n) is 6.85. The van der Waals surface area contributed by atoms with Gasteiger partial charge >= 0.3 is 20.4 Å². The molecule has 0 amide bonds. The van der Waals surface area contributed by atoms with Gasteiger partial charge in [-0.1, -0.05) is 105 Å². The maximum absolute atomic E-state index is 11.7. The molecule has 0 saturated heterocycles. The zero-order chi connectivity index (χ0) is 35.7. The van der Waals surface area contributed by atoms with Crippen molar-refractivity contribution in [3.05, 3.63) is 100 Å². The molecule has 3 rings (SSSR count). The van der Waals surface area contributed by atoms with E-state index in [-0.39, 0.29) is 20.4 Å². The third kappa shape index (κ3) is 15.9. The van der Waals surface area contributed by atoms with Crippen molar-refractivity contribution in [1.29, 1.82) is 0 Å². The number of aryl methyl sites for hydroxylation is 4. The van der Waals surface area contributed by atoms with Crippen molar-refractivity contribution in [2.45, 2.75) is 184 Å². The maximum atomic E-state index is 11.7. The van der Waals surface area contributed by atoms with Crippen LogP contribution in [-0.2, 0) is 46.1 Å². The summed E-state index contributed by atoms with van der Waals surface area (Å²) in [5.41, 5.74) is 24.7. The zero-order valence-electron chi connectivity index (χ0n) is 33.2. The van der Waals surface area contributed by atoms with E-state index in [2.05, 4.69) is 91.8 Å². The van der Waals surface area contributed by atoms with Crippen LogP contribution in [-0.4, -0.2) is 4.70 Å². The van der Waals surface area contributed by atoms with Crippen LogP contribution in [0.25, 0.3) is 16.9 Å². The molecule has 1 heterocycles. The number of benzene rings is 2. The molecule has 0 bridgehead atoms. The van der Waals surface area contributed by atoms with E-state index >= 15 is 0 Å². The topological polar surface area (TPSA) is 25.3 Å². The van der Waals surface area contributed by atoms with Crippen molar-refractivity contribution >= 4 is 11.4 Å². The third-order valence-corrected chi connectivity index (χ3v) is 9.89. The number of hydrogen-bond donors (Lipinski definition) is 0. The van der Waals surface area contributed by atoms with Gasteiger partial charge in [0.15, 0.2) is 0 Å². The van der Waals surface area contributed by atoms with Gasteiger partial charge in [-0.2, -0.15) is 13.8 Å². The first-order chi connectivity index (χ1) is 23.4. The van der Waals surface area contributed by atoms with Crippen LogP contribution in [0.15, 0.2) is 36.4 Å². The van der Waals surface area contributed by atoms with Crippen LogP contribution in [0.2, 0.25) is 0 Å². The first-order valence-corrected chi connectivity index (χ1v) is 20.0.